The number of halogens is 2. The van der Waals surface area contributed by atoms with Crippen molar-refractivity contribution in [2.75, 3.05) is 6.61 Å². The monoisotopic (exact) mass is 401 g/mol. The van der Waals surface area contributed by atoms with Gasteiger partial charge in [-0.05, 0) is 42.5 Å². The zero-order chi connectivity index (χ0) is 20.9. The van der Waals surface area contributed by atoms with Crippen molar-refractivity contribution in [2.45, 2.75) is 71.6 Å². The first-order valence-electron chi connectivity index (χ1n) is 10.9. The third-order valence-corrected chi connectivity index (χ3v) is 4.93. The highest BCUT2D eigenvalue weighted by Crippen LogP contribution is 2.28. The smallest absolute Gasteiger partial charge is 0.202 e. The van der Waals surface area contributed by atoms with E-state index in [1.165, 1.54) is 49.8 Å². The molecule has 0 aliphatic heterocycles. The van der Waals surface area contributed by atoms with Gasteiger partial charge in [-0.15, -0.1) is 0 Å². The summed E-state index contributed by atoms with van der Waals surface area (Å²) in [5, 5.41) is 0. The number of nitrogens with zero attached hydrogens (tertiary/aromatic N) is 1. The molecule has 2 rings (SSSR count). The molecular formula is C25H33F2NO. The van der Waals surface area contributed by atoms with E-state index in [0.717, 1.165) is 31.2 Å². The van der Waals surface area contributed by atoms with Crippen molar-refractivity contribution in [1.82, 2.24) is 0 Å². The van der Waals surface area contributed by atoms with Crippen molar-refractivity contribution in [3.8, 4) is 5.75 Å². The van der Waals surface area contributed by atoms with Gasteiger partial charge in [0.25, 0.3) is 0 Å². The molecule has 4 heteroatoms. The van der Waals surface area contributed by atoms with Crippen LogP contribution in [0.5, 0.6) is 5.75 Å². The molecule has 0 aromatic heterocycles. The lowest BCUT2D eigenvalue weighted by Crippen LogP contribution is -2.00. The van der Waals surface area contributed by atoms with Crippen molar-refractivity contribution in [3.63, 3.8) is 0 Å². The minimum Gasteiger partial charge on any atom is -0.490 e. The van der Waals surface area contributed by atoms with E-state index >= 15 is 0 Å². The average Bonchev–Trinajstić information content (AvgIpc) is 2.74. The highest BCUT2D eigenvalue weighted by Gasteiger charge is 2.13. The Bertz CT molecular complexity index is 756. The molecule has 0 radical (unpaired) electrons. The van der Waals surface area contributed by atoms with Gasteiger partial charge in [-0.3, -0.25) is 4.99 Å². The van der Waals surface area contributed by atoms with Crippen molar-refractivity contribution in [3.05, 3.63) is 59.2 Å². The number of benzene rings is 2. The zero-order valence-corrected chi connectivity index (χ0v) is 17.7. The molecule has 0 amide bonds. The summed E-state index contributed by atoms with van der Waals surface area (Å²) in [6, 6.07) is 11.0. The van der Waals surface area contributed by atoms with Crippen molar-refractivity contribution >= 4 is 11.9 Å². The van der Waals surface area contributed by atoms with Gasteiger partial charge in [0.05, 0.1) is 6.61 Å². The molecule has 0 bridgehead atoms. The number of hydrogen-bond acceptors (Lipinski definition) is 2. The normalized spacial score (nSPS) is 11.3. The summed E-state index contributed by atoms with van der Waals surface area (Å²) in [4.78, 5) is 4.12. The third kappa shape index (κ3) is 7.96. The predicted molar refractivity (Wildman–Crippen MR) is 118 cm³/mol. The first kappa shape index (κ1) is 23.1. The zero-order valence-electron chi connectivity index (χ0n) is 17.7. The summed E-state index contributed by atoms with van der Waals surface area (Å²) >= 11 is 0. The second-order valence-electron chi connectivity index (χ2n) is 7.43. The van der Waals surface area contributed by atoms with Crippen LogP contribution in [0.4, 0.5) is 14.5 Å². The molecule has 2 aromatic carbocycles. The SMILES string of the molecule is CCCCCCCc1ccc(/C=N/c2ccc(OCCCCC)c(F)c2F)cc1. The molecule has 158 valence electrons. The van der Waals surface area contributed by atoms with Crippen LogP contribution in [0.15, 0.2) is 41.4 Å². The van der Waals surface area contributed by atoms with Gasteiger partial charge in [-0.2, -0.15) is 4.39 Å². The highest BCUT2D eigenvalue weighted by atomic mass is 19.2. The quantitative estimate of drug-likeness (QED) is 0.248. The van der Waals surface area contributed by atoms with Crippen LogP contribution >= 0.6 is 0 Å². The Morgan fingerprint density at radius 2 is 1.48 bits per heavy atom. The molecular weight excluding hydrogens is 368 g/mol. The van der Waals surface area contributed by atoms with Gasteiger partial charge in [0.15, 0.2) is 11.6 Å². The van der Waals surface area contributed by atoms with Gasteiger partial charge in [0.2, 0.25) is 5.82 Å². The van der Waals surface area contributed by atoms with Gasteiger partial charge in [-0.1, -0.05) is 76.6 Å². The van der Waals surface area contributed by atoms with Gasteiger partial charge in [0, 0.05) is 6.21 Å². The summed E-state index contributed by atoms with van der Waals surface area (Å²) in [6.45, 7) is 4.68. The van der Waals surface area contributed by atoms with Crippen LogP contribution < -0.4 is 4.74 Å². The van der Waals surface area contributed by atoms with Crippen LogP contribution in [0.2, 0.25) is 0 Å². The molecule has 0 N–H and O–H groups in total. The maximum Gasteiger partial charge on any atom is 0.202 e. The standard InChI is InChI=1S/C25H33F2NO/c1-3-5-7-8-9-11-20-12-14-21(15-13-20)19-28-22-16-17-23(25(27)24(22)26)29-18-10-6-4-2/h12-17,19H,3-11,18H2,1-2H3/b28-19+. The van der Waals surface area contributed by atoms with Gasteiger partial charge in [0.1, 0.15) is 5.69 Å². The molecule has 2 nitrogen and oxygen atoms in total. The maximum absolute atomic E-state index is 14.3. The molecule has 0 heterocycles. The van der Waals surface area contributed by atoms with E-state index in [-0.39, 0.29) is 11.4 Å². The Morgan fingerprint density at radius 1 is 0.793 bits per heavy atom. The minimum atomic E-state index is -0.977. The van der Waals surface area contributed by atoms with E-state index in [2.05, 4.69) is 31.0 Å². The molecule has 0 aliphatic carbocycles. The lowest BCUT2D eigenvalue weighted by molar-refractivity contribution is 0.286. The number of unbranched alkanes of at least 4 members (excludes halogenated alkanes) is 6. The van der Waals surface area contributed by atoms with E-state index < -0.39 is 11.6 Å². The van der Waals surface area contributed by atoms with Gasteiger partial charge in [-0.25, -0.2) is 4.39 Å². The van der Waals surface area contributed by atoms with Crippen LogP contribution in [-0.2, 0) is 6.42 Å². The predicted octanol–water partition coefficient (Wildman–Crippen LogP) is 7.80. The fourth-order valence-corrected chi connectivity index (χ4v) is 3.11. The van der Waals surface area contributed by atoms with Crippen LogP contribution in [0.1, 0.15) is 76.3 Å². The molecule has 0 saturated heterocycles. The summed E-state index contributed by atoms with van der Waals surface area (Å²) in [5.41, 5.74) is 2.13. The number of ether oxygens (including phenoxy) is 1. The minimum absolute atomic E-state index is 0.0246. The topological polar surface area (TPSA) is 21.6 Å². The Kier molecular flexibility index (Phi) is 10.4. The Labute approximate surface area is 174 Å². The Hall–Kier alpha value is -2.23. The lowest BCUT2D eigenvalue weighted by atomic mass is 10.0. The Balaban J connectivity index is 1.91. The fraction of sp³-hybridized carbons (Fsp3) is 0.480. The second kappa shape index (κ2) is 13.1. The van der Waals surface area contributed by atoms with Crippen LogP contribution in [0.25, 0.3) is 0 Å². The molecule has 2 aromatic rings. The molecule has 0 unspecified atom stereocenters. The van der Waals surface area contributed by atoms with Crippen molar-refractivity contribution in [2.24, 2.45) is 4.99 Å². The molecule has 0 spiro atoms. The summed E-state index contributed by atoms with van der Waals surface area (Å²) in [5.74, 6) is -2.01. The fourth-order valence-electron chi connectivity index (χ4n) is 3.11. The molecule has 0 aliphatic rings. The number of aliphatic imine (C=N–C) groups is 1. The molecule has 0 saturated carbocycles. The number of hydrogen-bond donors (Lipinski definition) is 0. The van der Waals surface area contributed by atoms with Gasteiger partial charge >= 0.3 is 0 Å². The molecule has 29 heavy (non-hydrogen) atoms. The van der Waals surface area contributed by atoms with Crippen LogP contribution in [0.3, 0.4) is 0 Å². The molecule has 0 fully saturated rings. The van der Waals surface area contributed by atoms with E-state index in [9.17, 15) is 8.78 Å². The van der Waals surface area contributed by atoms with E-state index in [1.807, 2.05) is 12.1 Å². The maximum atomic E-state index is 14.3. The summed E-state index contributed by atoms with van der Waals surface area (Å²) in [7, 11) is 0. The molecule has 0 atom stereocenters. The van der Waals surface area contributed by atoms with Crippen molar-refractivity contribution in [1.29, 1.82) is 0 Å². The van der Waals surface area contributed by atoms with E-state index in [4.69, 9.17) is 4.74 Å². The average molecular weight is 402 g/mol. The van der Waals surface area contributed by atoms with Crippen LogP contribution in [0, 0.1) is 11.6 Å². The highest BCUT2D eigenvalue weighted by molar-refractivity contribution is 5.82. The first-order valence-corrected chi connectivity index (χ1v) is 10.9. The van der Waals surface area contributed by atoms with Crippen LogP contribution in [-0.4, -0.2) is 12.8 Å². The lowest BCUT2D eigenvalue weighted by Gasteiger charge is -2.08. The van der Waals surface area contributed by atoms with E-state index in [0.29, 0.717) is 6.61 Å². The van der Waals surface area contributed by atoms with E-state index in [1.54, 1.807) is 6.21 Å². The number of aryl methyl sites for hydroxylation is 1. The first-order chi connectivity index (χ1) is 14.2. The van der Waals surface area contributed by atoms with Gasteiger partial charge < -0.3 is 4.74 Å². The number of rotatable bonds is 13. The largest absolute Gasteiger partial charge is 0.490 e. The van der Waals surface area contributed by atoms with Crippen molar-refractivity contribution < 1.29 is 13.5 Å². The third-order valence-electron chi connectivity index (χ3n) is 4.93. The second-order valence-corrected chi connectivity index (χ2v) is 7.43. The Morgan fingerprint density at radius 3 is 2.21 bits per heavy atom. The summed E-state index contributed by atoms with van der Waals surface area (Å²) < 4.78 is 33.8. The summed E-state index contributed by atoms with van der Waals surface area (Å²) in [6.07, 6.45) is 11.8.